The molecule has 0 spiro atoms. The van der Waals surface area contributed by atoms with Crippen LogP contribution >= 0.6 is 11.6 Å². The van der Waals surface area contributed by atoms with E-state index in [2.05, 4.69) is 51.2 Å². The Kier molecular flexibility index (Phi) is 4.36. The van der Waals surface area contributed by atoms with Crippen LogP contribution in [-0.4, -0.2) is 41.3 Å². The third-order valence-corrected chi connectivity index (χ3v) is 4.17. The Hall–Kier alpha value is -1.65. The number of piperazine rings is 1. The summed E-state index contributed by atoms with van der Waals surface area (Å²) in [6, 6.07) is 12.3. The number of aryl methyl sites for hydroxylation is 1. The molecule has 110 valence electrons. The second-order valence-electron chi connectivity index (χ2n) is 5.40. The van der Waals surface area contributed by atoms with Crippen molar-refractivity contribution in [3.63, 3.8) is 0 Å². The Balaban J connectivity index is 1.58. The zero-order valence-corrected chi connectivity index (χ0v) is 12.9. The first-order chi connectivity index (χ1) is 10.2. The zero-order valence-electron chi connectivity index (χ0n) is 12.2. The molecule has 1 aromatic carbocycles. The topological polar surface area (TPSA) is 32.3 Å². The lowest BCUT2D eigenvalue weighted by Gasteiger charge is -2.35. The van der Waals surface area contributed by atoms with Gasteiger partial charge in [-0.2, -0.15) is 0 Å². The maximum absolute atomic E-state index is 5.78. The Labute approximate surface area is 130 Å². The van der Waals surface area contributed by atoms with E-state index in [1.54, 1.807) is 6.07 Å². The summed E-state index contributed by atoms with van der Waals surface area (Å²) in [6.45, 7) is 7.23. The monoisotopic (exact) mass is 302 g/mol. The number of hydrogen-bond acceptors (Lipinski definition) is 4. The van der Waals surface area contributed by atoms with Gasteiger partial charge in [-0.3, -0.25) is 4.90 Å². The van der Waals surface area contributed by atoms with Gasteiger partial charge in [0.1, 0.15) is 0 Å². The van der Waals surface area contributed by atoms with Crippen molar-refractivity contribution in [1.82, 2.24) is 15.1 Å². The number of aromatic nitrogens is 2. The van der Waals surface area contributed by atoms with Crippen LogP contribution in [0.25, 0.3) is 0 Å². The highest BCUT2D eigenvalue weighted by atomic mass is 35.5. The molecule has 1 saturated heterocycles. The van der Waals surface area contributed by atoms with E-state index in [-0.39, 0.29) is 0 Å². The van der Waals surface area contributed by atoms with Crippen LogP contribution in [0.2, 0.25) is 5.15 Å². The lowest BCUT2D eigenvalue weighted by Crippen LogP contribution is -2.46. The van der Waals surface area contributed by atoms with Crippen molar-refractivity contribution in [1.29, 1.82) is 0 Å². The van der Waals surface area contributed by atoms with Crippen molar-refractivity contribution in [2.75, 3.05) is 31.1 Å². The molecule has 0 aliphatic carbocycles. The van der Waals surface area contributed by atoms with E-state index in [0.29, 0.717) is 5.15 Å². The minimum Gasteiger partial charge on any atom is -0.353 e. The van der Waals surface area contributed by atoms with Crippen LogP contribution in [0.5, 0.6) is 0 Å². The van der Waals surface area contributed by atoms with Crippen molar-refractivity contribution in [2.24, 2.45) is 0 Å². The van der Waals surface area contributed by atoms with Gasteiger partial charge in [0, 0.05) is 32.7 Å². The van der Waals surface area contributed by atoms with Crippen molar-refractivity contribution in [3.8, 4) is 0 Å². The fourth-order valence-electron chi connectivity index (χ4n) is 2.64. The Morgan fingerprint density at radius 2 is 1.76 bits per heavy atom. The predicted octanol–water partition coefficient (Wildman–Crippen LogP) is 2.76. The molecule has 2 aromatic rings. The molecule has 1 aliphatic rings. The fraction of sp³-hybridized carbons (Fsp3) is 0.375. The van der Waals surface area contributed by atoms with Crippen molar-refractivity contribution in [2.45, 2.75) is 13.5 Å². The molecule has 0 unspecified atom stereocenters. The summed E-state index contributed by atoms with van der Waals surface area (Å²) in [6.07, 6.45) is 0. The van der Waals surface area contributed by atoms with Crippen LogP contribution in [0, 0.1) is 6.92 Å². The average Bonchev–Trinajstić information content (AvgIpc) is 2.51. The number of rotatable bonds is 3. The number of halogens is 1. The SMILES string of the molecule is Cc1ccccc1CN1CCN(c2ccc(Cl)nn2)CC1. The summed E-state index contributed by atoms with van der Waals surface area (Å²) >= 11 is 5.78. The van der Waals surface area contributed by atoms with Crippen LogP contribution in [0.4, 0.5) is 5.82 Å². The maximum atomic E-state index is 5.78. The van der Waals surface area contributed by atoms with E-state index in [1.807, 2.05) is 6.07 Å². The van der Waals surface area contributed by atoms with E-state index in [9.17, 15) is 0 Å². The maximum Gasteiger partial charge on any atom is 0.151 e. The van der Waals surface area contributed by atoms with E-state index in [0.717, 1.165) is 38.5 Å². The number of nitrogens with zero attached hydrogens (tertiary/aromatic N) is 4. The molecule has 0 atom stereocenters. The zero-order chi connectivity index (χ0) is 14.7. The molecule has 5 heteroatoms. The molecule has 0 bridgehead atoms. The normalized spacial score (nSPS) is 16.2. The quantitative estimate of drug-likeness (QED) is 0.873. The molecule has 1 aromatic heterocycles. The molecule has 0 N–H and O–H groups in total. The van der Waals surface area contributed by atoms with Gasteiger partial charge in [0.2, 0.25) is 0 Å². The van der Waals surface area contributed by atoms with Crippen molar-refractivity contribution < 1.29 is 0 Å². The first kappa shape index (κ1) is 14.3. The van der Waals surface area contributed by atoms with Gasteiger partial charge in [0.25, 0.3) is 0 Å². The Morgan fingerprint density at radius 1 is 1.00 bits per heavy atom. The smallest absolute Gasteiger partial charge is 0.151 e. The summed E-state index contributed by atoms with van der Waals surface area (Å²) in [5.74, 6) is 0.912. The molecule has 2 heterocycles. The molecule has 3 rings (SSSR count). The molecule has 1 fully saturated rings. The lowest BCUT2D eigenvalue weighted by atomic mass is 10.1. The van der Waals surface area contributed by atoms with Crippen LogP contribution in [0.3, 0.4) is 0 Å². The summed E-state index contributed by atoms with van der Waals surface area (Å²) in [7, 11) is 0. The number of anilines is 1. The third kappa shape index (κ3) is 3.52. The summed E-state index contributed by atoms with van der Waals surface area (Å²) in [5.41, 5.74) is 2.78. The highest BCUT2D eigenvalue weighted by molar-refractivity contribution is 6.29. The summed E-state index contributed by atoms with van der Waals surface area (Å²) in [5, 5.41) is 8.51. The number of hydrogen-bond donors (Lipinski definition) is 0. The summed E-state index contributed by atoms with van der Waals surface area (Å²) in [4.78, 5) is 4.75. The van der Waals surface area contributed by atoms with Crippen molar-refractivity contribution in [3.05, 3.63) is 52.7 Å². The van der Waals surface area contributed by atoms with Gasteiger partial charge >= 0.3 is 0 Å². The van der Waals surface area contributed by atoms with Crippen LogP contribution in [0.15, 0.2) is 36.4 Å². The van der Waals surface area contributed by atoms with E-state index in [1.165, 1.54) is 11.1 Å². The second kappa shape index (κ2) is 6.41. The van der Waals surface area contributed by atoms with Crippen LogP contribution in [-0.2, 0) is 6.54 Å². The largest absolute Gasteiger partial charge is 0.353 e. The van der Waals surface area contributed by atoms with Crippen molar-refractivity contribution >= 4 is 17.4 Å². The molecular formula is C16H19ClN4. The van der Waals surface area contributed by atoms with Crippen LogP contribution < -0.4 is 4.90 Å². The van der Waals surface area contributed by atoms with Gasteiger partial charge < -0.3 is 4.90 Å². The standard InChI is InChI=1S/C16H19ClN4/c1-13-4-2-3-5-14(13)12-20-8-10-21(11-9-20)16-7-6-15(17)18-19-16/h2-7H,8-12H2,1H3. The summed E-state index contributed by atoms with van der Waals surface area (Å²) < 4.78 is 0. The molecule has 4 nitrogen and oxygen atoms in total. The Morgan fingerprint density at radius 3 is 2.43 bits per heavy atom. The molecule has 21 heavy (non-hydrogen) atoms. The average molecular weight is 303 g/mol. The highest BCUT2D eigenvalue weighted by Crippen LogP contribution is 2.16. The van der Waals surface area contributed by atoms with Gasteiger partial charge in [-0.1, -0.05) is 35.9 Å². The lowest BCUT2D eigenvalue weighted by molar-refractivity contribution is 0.248. The Bertz CT molecular complexity index is 591. The van der Waals surface area contributed by atoms with Gasteiger partial charge in [-0.05, 0) is 30.2 Å². The molecule has 0 saturated carbocycles. The first-order valence-electron chi connectivity index (χ1n) is 7.23. The number of benzene rings is 1. The minimum absolute atomic E-state index is 0.442. The van der Waals surface area contributed by atoms with Gasteiger partial charge in [0.05, 0.1) is 0 Å². The van der Waals surface area contributed by atoms with Gasteiger partial charge in [-0.15, -0.1) is 10.2 Å². The fourth-order valence-corrected chi connectivity index (χ4v) is 2.74. The minimum atomic E-state index is 0.442. The van der Waals surface area contributed by atoms with E-state index in [4.69, 9.17) is 11.6 Å². The predicted molar refractivity (Wildman–Crippen MR) is 85.7 cm³/mol. The van der Waals surface area contributed by atoms with Gasteiger partial charge in [0.15, 0.2) is 11.0 Å². The molecular weight excluding hydrogens is 284 g/mol. The third-order valence-electron chi connectivity index (χ3n) is 3.97. The van der Waals surface area contributed by atoms with Gasteiger partial charge in [-0.25, -0.2) is 0 Å². The molecule has 0 amide bonds. The van der Waals surface area contributed by atoms with Crippen LogP contribution in [0.1, 0.15) is 11.1 Å². The first-order valence-corrected chi connectivity index (χ1v) is 7.61. The van der Waals surface area contributed by atoms with E-state index < -0.39 is 0 Å². The molecule has 1 aliphatic heterocycles. The van der Waals surface area contributed by atoms with E-state index >= 15 is 0 Å². The molecule has 0 radical (unpaired) electrons. The second-order valence-corrected chi connectivity index (χ2v) is 5.79. The highest BCUT2D eigenvalue weighted by Gasteiger charge is 2.18.